The fraction of sp³-hybridized carbons (Fsp3) is 0.500. The molecular weight excluding hydrogens is 254 g/mol. The Hall–Kier alpha value is -1.84. The zero-order chi connectivity index (χ0) is 14.1. The molecule has 4 nitrogen and oxygen atoms in total. The highest BCUT2D eigenvalue weighted by Crippen LogP contribution is 2.54. The first-order valence-electron chi connectivity index (χ1n) is 7.23. The first-order valence-corrected chi connectivity index (χ1v) is 7.23. The highest BCUT2D eigenvalue weighted by atomic mass is 16.4. The van der Waals surface area contributed by atoms with Crippen LogP contribution in [0, 0.1) is 17.8 Å². The normalized spacial score (nSPS) is 26.9. The first-order chi connectivity index (χ1) is 9.65. The summed E-state index contributed by atoms with van der Waals surface area (Å²) in [4.78, 5) is 25.1. The number of carbonyl (C=O) groups excluding carboxylic acids is 1. The third kappa shape index (κ3) is 2.69. The van der Waals surface area contributed by atoms with Gasteiger partial charge in [-0.25, -0.2) is 0 Å². The molecule has 3 rings (SSSR count). The van der Waals surface area contributed by atoms with E-state index in [2.05, 4.69) is 0 Å². The maximum atomic E-state index is 12.7. The van der Waals surface area contributed by atoms with E-state index in [1.165, 1.54) is 6.42 Å². The van der Waals surface area contributed by atoms with Crippen LogP contribution >= 0.6 is 0 Å². The highest BCUT2D eigenvalue weighted by Gasteiger charge is 2.48. The Kier molecular flexibility index (Phi) is 3.47. The van der Waals surface area contributed by atoms with Crippen molar-refractivity contribution in [2.45, 2.75) is 25.7 Å². The Morgan fingerprint density at radius 2 is 1.75 bits per heavy atom. The molecule has 1 aromatic carbocycles. The zero-order valence-electron chi connectivity index (χ0n) is 11.4. The third-order valence-electron chi connectivity index (χ3n) is 4.48. The van der Waals surface area contributed by atoms with Crippen molar-refractivity contribution in [1.29, 1.82) is 0 Å². The number of hydrogen-bond acceptors (Lipinski definition) is 2. The number of carbonyl (C=O) groups is 2. The van der Waals surface area contributed by atoms with E-state index in [-0.39, 0.29) is 24.8 Å². The van der Waals surface area contributed by atoms with Gasteiger partial charge in [0, 0.05) is 18.2 Å². The Morgan fingerprint density at radius 3 is 2.35 bits per heavy atom. The van der Waals surface area contributed by atoms with Crippen LogP contribution in [0.3, 0.4) is 0 Å². The molecule has 0 radical (unpaired) electrons. The largest absolute Gasteiger partial charge is 0.481 e. The lowest BCUT2D eigenvalue weighted by Crippen LogP contribution is -2.37. The molecule has 0 saturated heterocycles. The second kappa shape index (κ2) is 5.27. The van der Waals surface area contributed by atoms with Gasteiger partial charge in [0.25, 0.3) is 0 Å². The fourth-order valence-electron chi connectivity index (χ4n) is 3.32. The smallest absolute Gasteiger partial charge is 0.305 e. The Labute approximate surface area is 118 Å². The molecule has 1 aromatic rings. The molecule has 2 aliphatic rings. The van der Waals surface area contributed by atoms with Crippen LogP contribution in [-0.4, -0.2) is 23.5 Å². The number of carboxylic acid groups (broad SMARTS) is 1. The number of benzene rings is 1. The van der Waals surface area contributed by atoms with Crippen LogP contribution < -0.4 is 4.90 Å². The van der Waals surface area contributed by atoms with Gasteiger partial charge in [-0.2, -0.15) is 0 Å². The number of para-hydroxylation sites is 1. The number of amides is 1. The number of carboxylic acids is 1. The molecule has 2 fully saturated rings. The van der Waals surface area contributed by atoms with Gasteiger partial charge in [0.15, 0.2) is 0 Å². The molecule has 0 heterocycles. The van der Waals surface area contributed by atoms with Gasteiger partial charge in [-0.05, 0) is 43.2 Å². The monoisotopic (exact) mass is 273 g/mol. The predicted octanol–water partition coefficient (Wildman–Crippen LogP) is 2.54. The summed E-state index contributed by atoms with van der Waals surface area (Å²) in [7, 11) is 0. The summed E-state index contributed by atoms with van der Waals surface area (Å²) in [6, 6.07) is 9.39. The maximum absolute atomic E-state index is 12.7. The summed E-state index contributed by atoms with van der Waals surface area (Å²) >= 11 is 0. The van der Waals surface area contributed by atoms with E-state index in [1.807, 2.05) is 30.3 Å². The second-order valence-corrected chi connectivity index (χ2v) is 5.89. The molecule has 20 heavy (non-hydrogen) atoms. The van der Waals surface area contributed by atoms with E-state index in [4.69, 9.17) is 5.11 Å². The second-order valence-electron chi connectivity index (χ2n) is 5.89. The van der Waals surface area contributed by atoms with Crippen LogP contribution in [0.2, 0.25) is 0 Å². The van der Waals surface area contributed by atoms with Crippen molar-refractivity contribution < 1.29 is 14.7 Å². The minimum absolute atomic E-state index is 0.0137. The lowest BCUT2D eigenvalue weighted by atomic mass is 10.0. The highest BCUT2D eigenvalue weighted by molar-refractivity contribution is 5.95. The molecule has 0 bridgehead atoms. The van der Waals surface area contributed by atoms with Crippen molar-refractivity contribution in [1.82, 2.24) is 0 Å². The van der Waals surface area contributed by atoms with E-state index in [0.717, 1.165) is 30.4 Å². The zero-order valence-corrected chi connectivity index (χ0v) is 11.4. The van der Waals surface area contributed by atoms with Crippen LogP contribution in [0.4, 0.5) is 5.69 Å². The molecule has 0 aromatic heterocycles. The number of fused-ring (bicyclic) bond motifs is 1. The van der Waals surface area contributed by atoms with Crippen molar-refractivity contribution in [2.24, 2.45) is 17.8 Å². The summed E-state index contributed by atoms with van der Waals surface area (Å²) in [6.45, 7) is 0.254. The lowest BCUT2D eigenvalue weighted by Gasteiger charge is -2.26. The number of anilines is 1. The SMILES string of the molecule is O=C(O)CCN(C(=O)C1CC2CC2C1)c1ccccc1. The van der Waals surface area contributed by atoms with Gasteiger partial charge in [0.1, 0.15) is 0 Å². The topological polar surface area (TPSA) is 57.6 Å². The maximum Gasteiger partial charge on any atom is 0.305 e. The van der Waals surface area contributed by atoms with E-state index >= 15 is 0 Å². The molecule has 1 N–H and O–H groups in total. The van der Waals surface area contributed by atoms with Crippen LogP contribution in [0.1, 0.15) is 25.7 Å². The van der Waals surface area contributed by atoms with E-state index < -0.39 is 5.97 Å². The van der Waals surface area contributed by atoms with Crippen LogP contribution in [0.25, 0.3) is 0 Å². The Morgan fingerprint density at radius 1 is 1.10 bits per heavy atom. The Bertz CT molecular complexity index is 504. The molecule has 2 unspecified atom stereocenters. The van der Waals surface area contributed by atoms with Gasteiger partial charge < -0.3 is 10.0 Å². The van der Waals surface area contributed by atoms with E-state index in [9.17, 15) is 9.59 Å². The van der Waals surface area contributed by atoms with Crippen molar-refractivity contribution >= 4 is 17.6 Å². The fourth-order valence-corrected chi connectivity index (χ4v) is 3.32. The summed E-state index contributed by atoms with van der Waals surface area (Å²) in [5.41, 5.74) is 0.805. The molecule has 4 heteroatoms. The van der Waals surface area contributed by atoms with Gasteiger partial charge >= 0.3 is 5.97 Å². The average Bonchev–Trinajstić information content (AvgIpc) is 3.06. The molecular formula is C16H19NO3. The third-order valence-corrected chi connectivity index (χ3v) is 4.48. The molecule has 0 aliphatic heterocycles. The van der Waals surface area contributed by atoms with Crippen molar-refractivity contribution in [3.8, 4) is 0 Å². The molecule has 0 spiro atoms. The minimum Gasteiger partial charge on any atom is -0.481 e. The van der Waals surface area contributed by atoms with Crippen molar-refractivity contribution in [3.05, 3.63) is 30.3 Å². The van der Waals surface area contributed by atoms with E-state index in [1.54, 1.807) is 4.90 Å². The molecule has 106 valence electrons. The van der Waals surface area contributed by atoms with Crippen molar-refractivity contribution in [2.75, 3.05) is 11.4 Å². The number of rotatable bonds is 5. The summed E-state index contributed by atoms with van der Waals surface area (Å²) in [6.07, 6.45) is 3.24. The predicted molar refractivity (Wildman–Crippen MR) is 75.4 cm³/mol. The van der Waals surface area contributed by atoms with Gasteiger partial charge in [0.05, 0.1) is 6.42 Å². The van der Waals surface area contributed by atoms with Gasteiger partial charge in [-0.3, -0.25) is 9.59 Å². The lowest BCUT2D eigenvalue weighted by molar-refractivity contribution is -0.136. The van der Waals surface area contributed by atoms with Gasteiger partial charge in [0.2, 0.25) is 5.91 Å². The van der Waals surface area contributed by atoms with Crippen LogP contribution in [0.5, 0.6) is 0 Å². The standard InChI is InChI=1S/C16H19NO3/c18-15(19)6-7-17(14-4-2-1-3-5-14)16(20)13-9-11-8-12(11)10-13/h1-5,11-13H,6-10H2,(H,18,19). The summed E-state index contributed by atoms with van der Waals surface area (Å²) < 4.78 is 0. The molecule has 2 saturated carbocycles. The molecule has 2 atom stereocenters. The first kappa shape index (κ1) is 13.2. The van der Waals surface area contributed by atoms with Crippen molar-refractivity contribution in [3.63, 3.8) is 0 Å². The number of hydrogen-bond donors (Lipinski definition) is 1. The van der Waals surface area contributed by atoms with Gasteiger partial charge in [-0.15, -0.1) is 0 Å². The summed E-state index contributed by atoms with van der Waals surface area (Å²) in [5, 5.41) is 8.87. The van der Waals surface area contributed by atoms with E-state index in [0.29, 0.717) is 0 Å². The molecule has 2 aliphatic carbocycles. The Balaban J connectivity index is 1.73. The minimum atomic E-state index is -0.868. The number of nitrogens with zero attached hydrogens (tertiary/aromatic N) is 1. The molecule has 1 amide bonds. The average molecular weight is 273 g/mol. The number of aliphatic carboxylic acids is 1. The van der Waals surface area contributed by atoms with Gasteiger partial charge in [-0.1, -0.05) is 18.2 Å². The quantitative estimate of drug-likeness (QED) is 0.897. The summed E-state index contributed by atoms with van der Waals surface area (Å²) in [5.74, 6) is 0.826. The van der Waals surface area contributed by atoms with Crippen LogP contribution in [0.15, 0.2) is 30.3 Å². The van der Waals surface area contributed by atoms with Crippen LogP contribution in [-0.2, 0) is 9.59 Å².